The summed E-state index contributed by atoms with van der Waals surface area (Å²) in [4.78, 5) is 9.94. The highest BCUT2D eigenvalue weighted by molar-refractivity contribution is 5.45. The van der Waals surface area contributed by atoms with Gasteiger partial charge < -0.3 is 15.0 Å². The van der Waals surface area contributed by atoms with Crippen molar-refractivity contribution in [3.05, 3.63) is 12.0 Å². The zero-order valence-electron chi connectivity index (χ0n) is 10.3. The van der Waals surface area contributed by atoms with E-state index in [2.05, 4.69) is 15.3 Å². The molecule has 0 aromatic carbocycles. The van der Waals surface area contributed by atoms with Crippen molar-refractivity contribution in [2.45, 2.75) is 26.0 Å². The quantitative estimate of drug-likeness (QED) is 0.843. The minimum atomic E-state index is -0.398. The van der Waals surface area contributed by atoms with Crippen molar-refractivity contribution in [1.29, 1.82) is 0 Å². The van der Waals surface area contributed by atoms with Crippen LogP contribution >= 0.6 is 0 Å². The number of halogens is 1. The molecule has 1 aromatic heterocycles. The van der Waals surface area contributed by atoms with Crippen LogP contribution in [0.25, 0.3) is 0 Å². The maximum atomic E-state index is 13.8. The summed E-state index contributed by atoms with van der Waals surface area (Å²) in [5.74, 6) is 0.365. The lowest BCUT2D eigenvalue weighted by Crippen LogP contribution is -2.48. The fraction of sp³-hybridized carbons (Fsp3) is 0.636. The number of nitrogens with one attached hydrogen (secondary N) is 1. The molecule has 1 aromatic rings. The van der Waals surface area contributed by atoms with Gasteiger partial charge in [-0.1, -0.05) is 0 Å². The van der Waals surface area contributed by atoms with E-state index in [0.29, 0.717) is 24.9 Å². The zero-order valence-corrected chi connectivity index (χ0v) is 10.3. The molecule has 2 unspecified atom stereocenters. The van der Waals surface area contributed by atoms with Crippen LogP contribution in [-0.4, -0.2) is 42.3 Å². The highest BCUT2D eigenvalue weighted by Crippen LogP contribution is 2.23. The van der Waals surface area contributed by atoms with Crippen LogP contribution in [0.4, 0.5) is 16.2 Å². The molecule has 0 bridgehead atoms. The Bertz CT molecular complexity index is 401. The van der Waals surface area contributed by atoms with Crippen molar-refractivity contribution in [2.75, 3.05) is 30.4 Å². The summed E-state index contributed by atoms with van der Waals surface area (Å²) in [5.41, 5.74) is 0. The Morgan fingerprint density at radius 1 is 1.53 bits per heavy atom. The second-order valence-electron chi connectivity index (χ2n) is 4.26. The first-order valence-electron chi connectivity index (χ1n) is 5.70. The van der Waals surface area contributed by atoms with Gasteiger partial charge in [0.2, 0.25) is 5.95 Å². The third kappa shape index (κ3) is 2.46. The Labute approximate surface area is 100 Å². The lowest BCUT2D eigenvalue weighted by atomic mass is 10.2. The van der Waals surface area contributed by atoms with Crippen LogP contribution < -0.4 is 10.2 Å². The van der Waals surface area contributed by atoms with E-state index >= 15 is 0 Å². The molecule has 1 aliphatic rings. The molecule has 2 heterocycles. The molecule has 5 nitrogen and oxygen atoms in total. The first-order chi connectivity index (χ1) is 8.11. The van der Waals surface area contributed by atoms with Crippen LogP contribution in [0.1, 0.15) is 13.8 Å². The Balaban J connectivity index is 2.30. The summed E-state index contributed by atoms with van der Waals surface area (Å²) in [7, 11) is 1.71. The predicted octanol–water partition coefficient (Wildman–Crippen LogP) is 1.27. The number of aromatic nitrogens is 2. The summed E-state index contributed by atoms with van der Waals surface area (Å²) >= 11 is 0. The summed E-state index contributed by atoms with van der Waals surface area (Å²) in [5, 5.41) is 2.81. The lowest BCUT2D eigenvalue weighted by molar-refractivity contribution is 0.0337. The SMILES string of the molecule is CNc1ncc(F)c(N2CC(C)OCC2C)n1. The average molecular weight is 240 g/mol. The van der Waals surface area contributed by atoms with Crippen molar-refractivity contribution < 1.29 is 9.13 Å². The van der Waals surface area contributed by atoms with Gasteiger partial charge in [-0.05, 0) is 13.8 Å². The topological polar surface area (TPSA) is 50.3 Å². The number of hydrogen-bond donors (Lipinski definition) is 1. The van der Waals surface area contributed by atoms with E-state index < -0.39 is 5.82 Å². The van der Waals surface area contributed by atoms with Gasteiger partial charge in [0.15, 0.2) is 11.6 Å². The van der Waals surface area contributed by atoms with Gasteiger partial charge in [-0.15, -0.1) is 0 Å². The molecular formula is C11H17FN4O. The van der Waals surface area contributed by atoms with Gasteiger partial charge in [-0.2, -0.15) is 4.98 Å². The summed E-state index contributed by atoms with van der Waals surface area (Å²) in [6, 6.07) is 0.111. The summed E-state index contributed by atoms with van der Waals surface area (Å²) < 4.78 is 19.3. The number of nitrogens with zero attached hydrogens (tertiary/aromatic N) is 3. The molecule has 1 N–H and O–H groups in total. The minimum absolute atomic E-state index is 0.0820. The largest absolute Gasteiger partial charge is 0.375 e. The molecule has 6 heteroatoms. The molecule has 0 aliphatic carbocycles. The van der Waals surface area contributed by atoms with E-state index in [1.54, 1.807) is 7.05 Å². The van der Waals surface area contributed by atoms with E-state index in [9.17, 15) is 4.39 Å². The van der Waals surface area contributed by atoms with Gasteiger partial charge in [-0.3, -0.25) is 0 Å². The lowest BCUT2D eigenvalue weighted by Gasteiger charge is -2.37. The molecule has 17 heavy (non-hydrogen) atoms. The molecule has 0 saturated carbocycles. The number of anilines is 2. The third-order valence-electron chi connectivity index (χ3n) is 2.83. The molecule has 94 valence electrons. The maximum absolute atomic E-state index is 13.8. The van der Waals surface area contributed by atoms with E-state index in [0.717, 1.165) is 0 Å². The molecule has 0 radical (unpaired) electrons. The molecule has 2 atom stereocenters. The molecular weight excluding hydrogens is 223 g/mol. The molecule has 1 aliphatic heterocycles. The van der Waals surface area contributed by atoms with Crippen molar-refractivity contribution in [3.8, 4) is 0 Å². The Morgan fingerprint density at radius 2 is 2.29 bits per heavy atom. The number of ether oxygens (including phenoxy) is 1. The Hall–Kier alpha value is -1.43. The van der Waals surface area contributed by atoms with Crippen molar-refractivity contribution in [3.63, 3.8) is 0 Å². The van der Waals surface area contributed by atoms with Crippen molar-refractivity contribution in [1.82, 2.24) is 9.97 Å². The predicted molar refractivity (Wildman–Crippen MR) is 63.8 cm³/mol. The molecule has 2 rings (SSSR count). The van der Waals surface area contributed by atoms with Gasteiger partial charge in [-0.25, -0.2) is 9.37 Å². The van der Waals surface area contributed by atoms with Crippen LogP contribution in [0.15, 0.2) is 6.20 Å². The fourth-order valence-corrected chi connectivity index (χ4v) is 1.88. The highest BCUT2D eigenvalue weighted by Gasteiger charge is 2.27. The van der Waals surface area contributed by atoms with Gasteiger partial charge >= 0.3 is 0 Å². The number of hydrogen-bond acceptors (Lipinski definition) is 5. The van der Waals surface area contributed by atoms with Gasteiger partial charge in [0.05, 0.1) is 24.9 Å². The molecule has 0 spiro atoms. The summed E-state index contributed by atoms with van der Waals surface area (Å²) in [6.07, 6.45) is 1.28. The standard InChI is InChI=1S/C11H17FN4O/c1-7-6-17-8(2)5-16(7)10-9(12)4-14-11(13-3)15-10/h4,7-8H,5-6H2,1-3H3,(H,13,14,15). The van der Waals surface area contributed by atoms with Gasteiger partial charge in [0.1, 0.15) is 0 Å². The fourth-order valence-electron chi connectivity index (χ4n) is 1.88. The van der Waals surface area contributed by atoms with E-state index in [4.69, 9.17) is 4.74 Å². The Kier molecular flexibility index (Phi) is 3.42. The van der Waals surface area contributed by atoms with E-state index in [-0.39, 0.29) is 12.1 Å². The monoisotopic (exact) mass is 240 g/mol. The zero-order chi connectivity index (χ0) is 12.4. The van der Waals surface area contributed by atoms with Crippen molar-refractivity contribution >= 4 is 11.8 Å². The van der Waals surface area contributed by atoms with Gasteiger partial charge in [0, 0.05) is 13.6 Å². The third-order valence-corrected chi connectivity index (χ3v) is 2.83. The van der Waals surface area contributed by atoms with Gasteiger partial charge in [0.25, 0.3) is 0 Å². The molecule has 1 saturated heterocycles. The minimum Gasteiger partial charge on any atom is -0.375 e. The number of rotatable bonds is 2. The van der Waals surface area contributed by atoms with Crippen LogP contribution in [0, 0.1) is 5.82 Å². The average Bonchev–Trinajstić information content (AvgIpc) is 2.33. The molecule has 0 amide bonds. The van der Waals surface area contributed by atoms with E-state index in [1.807, 2.05) is 18.7 Å². The summed E-state index contributed by atoms with van der Waals surface area (Å²) in [6.45, 7) is 5.18. The highest BCUT2D eigenvalue weighted by atomic mass is 19.1. The second kappa shape index (κ2) is 4.83. The van der Waals surface area contributed by atoms with Crippen LogP contribution in [0.2, 0.25) is 0 Å². The van der Waals surface area contributed by atoms with Crippen LogP contribution in [-0.2, 0) is 4.74 Å². The van der Waals surface area contributed by atoms with Crippen LogP contribution in [0.5, 0.6) is 0 Å². The second-order valence-corrected chi connectivity index (χ2v) is 4.26. The molecule has 1 fully saturated rings. The first kappa shape index (κ1) is 12.0. The van der Waals surface area contributed by atoms with Crippen molar-refractivity contribution in [2.24, 2.45) is 0 Å². The van der Waals surface area contributed by atoms with Crippen LogP contribution in [0.3, 0.4) is 0 Å². The Morgan fingerprint density at radius 3 is 3.00 bits per heavy atom. The normalized spacial score (nSPS) is 24.8. The smallest absolute Gasteiger partial charge is 0.224 e. The maximum Gasteiger partial charge on any atom is 0.224 e. The first-order valence-corrected chi connectivity index (χ1v) is 5.70. The number of morpholine rings is 1. The van der Waals surface area contributed by atoms with E-state index in [1.165, 1.54) is 6.20 Å².